The monoisotopic (exact) mass is 235 g/mol. The van der Waals surface area contributed by atoms with Gasteiger partial charge in [-0.3, -0.25) is 0 Å². The van der Waals surface area contributed by atoms with Crippen LogP contribution < -0.4 is 4.74 Å². The molecule has 1 aromatic carbocycles. The number of carboxylic acid groups (broad SMARTS) is 1. The molecule has 0 fully saturated rings. The Bertz CT molecular complexity index is 508. The molecule has 0 radical (unpaired) electrons. The van der Waals surface area contributed by atoms with Crippen LogP contribution in [0.4, 0.5) is 0 Å². The van der Waals surface area contributed by atoms with Crippen molar-refractivity contribution in [1.82, 2.24) is 4.98 Å². The number of carboxylic acids is 1. The number of benzene rings is 1. The molecule has 0 saturated heterocycles. The van der Waals surface area contributed by atoms with Crippen LogP contribution in [0.15, 0.2) is 29.8 Å². The number of rotatable bonds is 3. The van der Waals surface area contributed by atoms with Crippen molar-refractivity contribution in [3.8, 4) is 10.9 Å². The quantitative estimate of drug-likeness (QED) is 0.888. The van der Waals surface area contributed by atoms with Gasteiger partial charge in [-0.15, -0.1) is 0 Å². The summed E-state index contributed by atoms with van der Waals surface area (Å²) in [5.41, 5.74) is 1.08. The summed E-state index contributed by atoms with van der Waals surface area (Å²) in [6.07, 6.45) is 1.61. The fraction of sp³-hybridized carbons (Fsp3) is 0.0909. The number of hydrogen-bond donors (Lipinski definition) is 1. The minimum Gasteiger partial charge on any atom is -0.478 e. The molecule has 2 aromatic rings. The van der Waals surface area contributed by atoms with Gasteiger partial charge in [0.2, 0.25) is 0 Å². The maximum Gasteiger partial charge on any atom is 0.339 e. The van der Waals surface area contributed by atoms with Crippen LogP contribution in [-0.2, 0) is 0 Å². The predicted molar refractivity (Wildman–Crippen MR) is 60.3 cm³/mol. The summed E-state index contributed by atoms with van der Waals surface area (Å²) >= 11 is 1.32. The Kier molecular flexibility index (Phi) is 2.87. The first kappa shape index (κ1) is 10.6. The van der Waals surface area contributed by atoms with Crippen molar-refractivity contribution in [3.05, 3.63) is 40.9 Å². The van der Waals surface area contributed by atoms with Gasteiger partial charge >= 0.3 is 5.97 Å². The lowest BCUT2D eigenvalue weighted by atomic mass is 10.1. The number of nitrogens with zero attached hydrogens (tertiary/aromatic N) is 1. The third-order valence-electron chi connectivity index (χ3n) is 1.97. The minimum absolute atomic E-state index is 0.140. The van der Waals surface area contributed by atoms with Crippen LogP contribution in [0.3, 0.4) is 0 Å². The van der Waals surface area contributed by atoms with Crippen LogP contribution >= 0.6 is 11.3 Å². The van der Waals surface area contributed by atoms with Gasteiger partial charge in [-0.25, -0.2) is 9.78 Å². The van der Waals surface area contributed by atoms with E-state index in [1.807, 2.05) is 6.92 Å². The summed E-state index contributed by atoms with van der Waals surface area (Å²) in [4.78, 5) is 14.9. The first-order valence-electron chi connectivity index (χ1n) is 4.58. The van der Waals surface area contributed by atoms with Crippen LogP contribution in [0.2, 0.25) is 0 Å². The van der Waals surface area contributed by atoms with E-state index < -0.39 is 5.97 Å². The highest BCUT2D eigenvalue weighted by atomic mass is 32.1. The number of ether oxygens (including phenoxy) is 1. The third kappa shape index (κ3) is 2.20. The van der Waals surface area contributed by atoms with E-state index in [1.165, 1.54) is 17.4 Å². The van der Waals surface area contributed by atoms with Gasteiger partial charge in [0.05, 0.1) is 0 Å². The van der Waals surface area contributed by atoms with E-state index in [0.29, 0.717) is 10.9 Å². The maximum absolute atomic E-state index is 11.0. The van der Waals surface area contributed by atoms with Crippen molar-refractivity contribution >= 4 is 17.3 Å². The van der Waals surface area contributed by atoms with Gasteiger partial charge in [0, 0.05) is 11.6 Å². The zero-order valence-corrected chi connectivity index (χ0v) is 9.32. The molecule has 5 heteroatoms. The highest BCUT2D eigenvalue weighted by molar-refractivity contribution is 7.11. The maximum atomic E-state index is 11.0. The van der Waals surface area contributed by atoms with Crippen molar-refractivity contribution in [2.24, 2.45) is 0 Å². The van der Waals surface area contributed by atoms with Crippen molar-refractivity contribution in [1.29, 1.82) is 0 Å². The fourth-order valence-corrected chi connectivity index (χ4v) is 1.74. The third-order valence-corrected chi connectivity index (χ3v) is 2.62. The first-order chi connectivity index (χ1) is 7.66. The Hall–Kier alpha value is -1.88. The molecule has 1 heterocycles. The molecule has 0 amide bonds. The fourth-order valence-electron chi connectivity index (χ4n) is 1.25. The Morgan fingerprint density at radius 1 is 1.50 bits per heavy atom. The Labute approximate surface area is 96.1 Å². The molecule has 1 aromatic heterocycles. The molecular formula is C11H9NO3S. The first-order valence-corrected chi connectivity index (χ1v) is 5.46. The van der Waals surface area contributed by atoms with Crippen LogP contribution in [0.1, 0.15) is 15.9 Å². The molecule has 0 atom stereocenters. The number of hydrogen-bond acceptors (Lipinski definition) is 4. The second kappa shape index (κ2) is 4.32. The van der Waals surface area contributed by atoms with Gasteiger partial charge in [0.1, 0.15) is 11.3 Å². The molecule has 4 nitrogen and oxygen atoms in total. The van der Waals surface area contributed by atoms with Gasteiger partial charge < -0.3 is 9.84 Å². The summed E-state index contributed by atoms with van der Waals surface area (Å²) in [5.74, 6) is -0.686. The highest BCUT2D eigenvalue weighted by Crippen LogP contribution is 2.27. The van der Waals surface area contributed by atoms with Gasteiger partial charge in [-0.2, -0.15) is 0 Å². The van der Waals surface area contributed by atoms with Gasteiger partial charge in [-0.05, 0) is 24.6 Å². The van der Waals surface area contributed by atoms with Crippen molar-refractivity contribution < 1.29 is 14.6 Å². The van der Waals surface area contributed by atoms with Crippen molar-refractivity contribution in [3.63, 3.8) is 0 Å². The predicted octanol–water partition coefficient (Wildman–Crippen LogP) is 2.94. The molecule has 2 rings (SSSR count). The van der Waals surface area contributed by atoms with E-state index in [0.717, 1.165) is 5.56 Å². The van der Waals surface area contributed by atoms with E-state index in [9.17, 15) is 4.79 Å². The molecule has 0 aliphatic carbocycles. The van der Waals surface area contributed by atoms with Crippen LogP contribution in [0.5, 0.6) is 10.9 Å². The summed E-state index contributed by atoms with van der Waals surface area (Å²) < 4.78 is 5.42. The highest BCUT2D eigenvalue weighted by Gasteiger charge is 2.12. The molecule has 0 unspecified atom stereocenters. The van der Waals surface area contributed by atoms with Gasteiger partial charge in [-0.1, -0.05) is 17.4 Å². The SMILES string of the molecule is Cc1ccc(C(=O)O)c(Oc2nccs2)c1. The number of aromatic carboxylic acids is 1. The normalized spacial score (nSPS) is 10.1. The average Bonchev–Trinajstić information content (AvgIpc) is 2.70. The van der Waals surface area contributed by atoms with E-state index in [1.54, 1.807) is 23.7 Å². The average molecular weight is 235 g/mol. The zero-order chi connectivity index (χ0) is 11.5. The van der Waals surface area contributed by atoms with Gasteiger partial charge in [0.25, 0.3) is 5.19 Å². The Morgan fingerprint density at radius 3 is 2.94 bits per heavy atom. The topological polar surface area (TPSA) is 59.4 Å². The molecule has 16 heavy (non-hydrogen) atoms. The summed E-state index contributed by atoms with van der Waals surface area (Å²) in [6.45, 7) is 1.88. The number of thiazole rings is 1. The lowest BCUT2D eigenvalue weighted by Gasteiger charge is -2.06. The summed E-state index contributed by atoms with van der Waals surface area (Å²) in [7, 11) is 0. The summed E-state index contributed by atoms with van der Waals surface area (Å²) in [6, 6.07) is 4.95. The Morgan fingerprint density at radius 2 is 2.31 bits per heavy atom. The van der Waals surface area contributed by atoms with E-state index in [2.05, 4.69) is 4.98 Å². The van der Waals surface area contributed by atoms with Gasteiger partial charge in [0.15, 0.2) is 0 Å². The molecule has 0 bridgehead atoms. The molecule has 82 valence electrons. The molecule has 0 saturated carbocycles. The minimum atomic E-state index is -1.01. The molecule has 0 aliphatic heterocycles. The van der Waals surface area contributed by atoms with E-state index in [-0.39, 0.29) is 5.56 Å². The molecule has 0 spiro atoms. The standard InChI is InChI=1S/C11H9NO3S/c1-7-2-3-8(10(13)14)9(6-7)15-11-12-4-5-16-11/h2-6H,1H3,(H,13,14). The summed E-state index contributed by atoms with van der Waals surface area (Å²) in [5, 5.41) is 11.2. The Balaban J connectivity index is 2.38. The molecule has 1 N–H and O–H groups in total. The van der Waals surface area contributed by atoms with Crippen LogP contribution in [0, 0.1) is 6.92 Å². The van der Waals surface area contributed by atoms with Crippen LogP contribution in [-0.4, -0.2) is 16.1 Å². The molecule has 0 aliphatic rings. The number of aryl methyl sites for hydroxylation is 1. The number of carbonyl (C=O) groups is 1. The lowest BCUT2D eigenvalue weighted by molar-refractivity contribution is 0.0694. The smallest absolute Gasteiger partial charge is 0.339 e. The lowest BCUT2D eigenvalue weighted by Crippen LogP contribution is -2.00. The van der Waals surface area contributed by atoms with E-state index in [4.69, 9.17) is 9.84 Å². The molecular weight excluding hydrogens is 226 g/mol. The second-order valence-corrected chi connectivity index (χ2v) is 4.06. The van der Waals surface area contributed by atoms with Crippen LogP contribution in [0.25, 0.3) is 0 Å². The number of aromatic nitrogens is 1. The van der Waals surface area contributed by atoms with Crippen molar-refractivity contribution in [2.45, 2.75) is 6.92 Å². The second-order valence-electron chi connectivity index (χ2n) is 3.20. The van der Waals surface area contributed by atoms with E-state index >= 15 is 0 Å². The largest absolute Gasteiger partial charge is 0.478 e. The zero-order valence-electron chi connectivity index (χ0n) is 8.51. The van der Waals surface area contributed by atoms with Crippen molar-refractivity contribution in [2.75, 3.05) is 0 Å².